The zero-order valence-electron chi connectivity index (χ0n) is 34.9. The van der Waals surface area contributed by atoms with Crippen LogP contribution < -0.4 is 4.90 Å². The van der Waals surface area contributed by atoms with Crippen molar-refractivity contribution in [1.29, 1.82) is 21.0 Å². The maximum atomic E-state index is 9.48. The Balaban J connectivity index is 0.000000291. The van der Waals surface area contributed by atoms with Crippen molar-refractivity contribution in [2.24, 2.45) is 0 Å². The van der Waals surface area contributed by atoms with Crippen molar-refractivity contribution in [3.63, 3.8) is 0 Å². The van der Waals surface area contributed by atoms with Gasteiger partial charge in [0.15, 0.2) is 0 Å². The van der Waals surface area contributed by atoms with E-state index in [9.17, 15) is 10.5 Å². The highest BCUT2D eigenvalue weighted by Crippen LogP contribution is 2.47. The molecular formula is C53H49N5. The molecule has 58 heavy (non-hydrogen) atoms. The van der Waals surface area contributed by atoms with Crippen LogP contribution in [0.1, 0.15) is 91.6 Å². The predicted molar refractivity (Wildman–Crippen MR) is 239 cm³/mol. The first-order valence-electron chi connectivity index (χ1n) is 19.3. The van der Waals surface area contributed by atoms with Gasteiger partial charge in [-0.1, -0.05) is 107 Å². The summed E-state index contributed by atoms with van der Waals surface area (Å²) in [5, 5.41) is 40.5. The molecule has 0 aliphatic carbocycles. The van der Waals surface area contributed by atoms with E-state index < -0.39 is 0 Å². The summed E-state index contributed by atoms with van der Waals surface area (Å²) in [7, 11) is 0. The number of fused-ring (bicyclic) bond motifs is 2. The van der Waals surface area contributed by atoms with E-state index in [-0.39, 0.29) is 10.8 Å². The Morgan fingerprint density at radius 2 is 0.707 bits per heavy atom. The average Bonchev–Trinajstić information content (AvgIpc) is 3.22. The molecule has 0 aliphatic rings. The fourth-order valence-corrected chi connectivity index (χ4v) is 6.63. The third-order valence-corrected chi connectivity index (χ3v) is 10.2. The zero-order chi connectivity index (χ0) is 42.2. The van der Waals surface area contributed by atoms with E-state index in [4.69, 9.17) is 10.5 Å². The molecule has 5 nitrogen and oxygen atoms in total. The van der Waals surface area contributed by atoms with Gasteiger partial charge in [-0.3, -0.25) is 0 Å². The van der Waals surface area contributed by atoms with Crippen molar-refractivity contribution in [3.05, 3.63) is 184 Å². The van der Waals surface area contributed by atoms with Gasteiger partial charge in [0.1, 0.15) is 0 Å². The van der Waals surface area contributed by atoms with Gasteiger partial charge in [-0.2, -0.15) is 21.0 Å². The summed E-state index contributed by atoms with van der Waals surface area (Å²) < 4.78 is 0. The smallest absolute Gasteiger partial charge is 0.0991 e. The lowest BCUT2D eigenvalue weighted by Crippen LogP contribution is -2.14. The fourth-order valence-electron chi connectivity index (χ4n) is 6.63. The number of benzene rings is 7. The quantitative estimate of drug-likeness (QED) is 0.167. The molecule has 286 valence electrons. The van der Waals surface area contributed by atoms with Crippen LogP contribution in [0, 0.1) is 66.1 Å². The van der Waals surface area contributed by atoms with Crippen LogP contribution in [-0.2, 0) is 10.8 Å². The normalized spacial score (nSPS) is 10.8. The molecule has 7 rings (SSSR count). The summed E-state index contributed by atoms with van der Waals surface area (Å²) in [5.74, 6) is 0. The van der Waals surface area contributed by atoms with Crippen LogP contribution in [0.3, 0.4) is 0 Å². The minimum Gasteiger partial charge on any atom is -0.309 e. The van der Waals surface area contributed by atoms with Crippen LogP contribution in [0.25, 0.3) is 21.5 Å². The van der Waals surface area contributed by atoms with Crippen molar-refractivity contribution in [2.75, 3.05) is 4.90 Å². The second kappa shape index (κ2) is 17.7. The first kappa shape index (κ1) is 42.0. The lowest BCUT2D eigenvalue weighted by atomic mass is 9.82. The Kier molecular flexibility index (Phi) is 12.8. The van der Waals surface area contributed by atoms with Crippen molar-refractivity contribution in [1.82, 2.24) is 0 Å². The van der Waals surface area contributed by atoms with Gasteiger partial charge in [-0.25, -0.2) is 0 Å². The molecule has 0 aliphatic heterocycles. The highest BCUT2D eigenvalue weighted by molar-refractivity contribution is 6.16. The average molecular weight is 756 g/mol. The molecule has 0 saturated carbocycles. The Hall–Kier alpha value is -7.18. The van der Waals surface area contributed by atoms with Gasteiger partial charge in [-0.15, -0.1) is 0 Å². The summed E-state index contributed by atoms with van der Waals surface area (Å²) in [5.41, 5.74) is 11.9. The highest BCUT2D eigenvalue weighted by Gasteiger charge is 2.24. The highest BCUT2D eigenvalue weighted by atomic mass is 15.1. The predicted octanol–water partition coefficient (Wildman–Crippen LogP) is 13.8. The molecular weight excluding hydrogens is 707 g/mol. The van der Waals surface area contributed by atoms with E-state index in [2.05, 4.69) is 114 Å². The molecule has 0 radical (unpaired) electrons. The first-order valence-corrected chi connectivity index (χ1v) is 19.3. The van der Waals surface area contributed by atoms with Gasteiger partial charge in [0.25, 0.3) is 0 Å². The lowest BCUT2D eigenvalue weighted by molar-refractivity contribution is 0.590. The SMILES string of the molecule is Cc1c2cc(C(C)(C)C)ccc2c(N(c2ccc(C#N)cc2)c2ccc(C#N)cc2)c2cc(C(C)(C)C)ccc12.Cc1ccc(C#N)cc1.Cc1ccc(C#N)cc1. The molecule has 0 heterocycles. The number of nitrogens with zero attached hydrogens (tertiary/aromatic N) is 5. The molecule has 7 aromatic rings. The summed E-state index contributed by atoms with van der Waals surface area (Å²) in [6.07, 6.45) is 0. The number of anilines is 3. The Morgan fingerprint density at radius 1 is 0.379 bits per heavy atom. The largest absolute Gasteiger partial charge is 0.309 e. The maximum absolute atomic E-state index is 9.48. The van der Waals surface area contributed by atoms with E-state index in [0.717, 1.165) is 33.6 Å². The van der Waals surface area contributed by atoms with E-state index in [0.29, 0.717) is 11.1 Å². The number of hydrogen-bond acceptors (Lipinski definition) is 5. The maximum Gasteiger partial charge on any atom is 0.0991 e. The Bertz CT molecular complexity index is 2600. The number of aryl methyl sites for hydroxylation is 3. The molecule has 0 fully saturated rings. The third kappa shape index (κ3) is 9.78. The van der Waals surface area contributed by atoms with Gasteiger partial charge in [0.2, 0.25) is 0 Å². The molecule has 0 unspecified atom stereocenters. The Labute approximate surface area is 344 Å². The second-order valence-electron chi connectivity index (χ2n) is 16.6. The van der Waals surface area contributed by atoms with Crippen LogP contribution in [0.15, 0.2) is 133 Å². The van der Waals surface area contributed by atoms with Crippen molar-refractivity contribution in [2.45, 2.75) is 73.1 Å². The summed E-state index contributed by atoms with van der Waals surface area (Å²) in [4.78, 5) is 2.27. The lowest BCUT2D eigenvalue weighted by Gasteiger charge is -2.31. The van der Waals surface area contributed by atoms with Crippen LogP contribution in [-0.4, -0.2) is 0 Å². The minimum absolute atomic E-state index is 0.0157. The van der Waals surface area contributed by atoms with Crippen molar-refractivity contribution in [3.8, 4) is 24.3 Å². The first-order chi connectivity index (χ1) is 27.6. The third-order valence-electron chi connectivity index (χ3n) is 10.2. The van der Waals surface area contributed by atoms with Crippen molar-refractivity contribution < 1.29 is 0 Å². The van der Waals surface area contributed by atoms with Crippen LogP contribution in [0.2, 0.25) is 0 Å². The van der Waals surface area contributed by atoms with E-state index in [1.54, 1.807) is 0 Å². The van der Waals surface area contributed by atoms with Gasteiger partial charge >= 0.3 is 0 Å². The molecule has 0 N–H and O–H groups in total. The summed E-state index contributed by atoms with van der Waals surface area (Å²) in [6, 6.07) is 52.8. The standard InChI is InChI=1S/C37H35N3.2C8H7N/c1-24-31-18-12-28(37(5,6)7)21-34(31)35(32-19-13-27(20-33(24)32)36(2,3)4)40(29-14-8-25(22-38)9-15-29)30-16-10-26(23-39)11-17-30;2*1-7-2-4-8(6-9)5-3-7/h8-21H,1-7H3;2*2-5H,1H3. The fraction of sp³-hybridized carbons (Fsp3) is 0.208. The van der Waals surface area contributed by atoms with Gasteiger partial charge in [0.05, 0.1) is 52.2 Å². The minimum atomic E-state index is -0.0157. The van der Waals surface area contributed by atoms with Gasteiger partial charge < -0.3 is 4.90 Å². The number of hydrogen-bond donors (Lipinski definition) is 0. The molecule has 7 aromatic carbocycles. The topological polar surface area (TPSA) is 98.4 Å². The number of rotatable bonds is 3. The molecule has 0 bridgehead atoms. The summed E-state index contributed by atoms with van der Waals surface area (Å²) >= 11 is 0. The molecule has 0 amide bonds. The van der Waals surface area contributed by atoms with Gasteiger partial charge in [-0.05, 0) is 138 Å². The van der Waals surface area contributed by atoms with E-state index in [1.165, 1.54) is 44.0 Å². The molecule has 0 spiro atoms. The Morgan fingerprint density at radius 3 is 1.05 bits per heavy atom. The van der Waals surface area contributed by atoms with Crippen LogP contribution >= 0.6 is 0 Å². The molecule has 5 heteroatoms. The van der Waals surface area contributed by atoms with Gasteiger partial charge in [0, 0.05) is 22.1 Å². The van der Waals surface area contributed by atoms with Crippen molar-refractivity contribution >= 4 is 38.6 Å². The summed E-state index contributed by atoms with van der Waals surface area (Å²) in [6.45, 7) is 19.7. The monoisotopic (exact) mass is 755 g/mol. The second-order valence-corrected chi connectivity index (χ2v) is 16.6. The van der Waals surface area contributed by atoms with E-state index in [1.807, 2.05) is 111 Å². The number of nitriles is 4. The van der Waals surface area contributed by atoms with Crippen LogP contribution in [0.4, 0.5) is 17.1 Å². The zero-order valence-corrected chi connectivity index (χ0v) is 34.9. The molecule has 0 aromatic heterocycles. The molecule has 0 atom stereocenters. The molecule has 0 saturated heterocycles. The van der Waals surface area contributed by atoms with Crippen LogP contribution in [0.5, 0.6) is 0 Å². The van der Waals surface area contributed by atoms with E-state index >= 15 is 0 Å².